The van der Waals surface area contributed by atoms with E-state index in [1.165, 1.54) is 0 Å². The summed E-state index contributed by atoms with van der Waals surface area (Å²) in [5.74, 6) is 0.690. The predicted octanol–water partition coefficient (Wildman–Crippen LogP) is 2.34. The molecular weight excluding hydrogens is 240 g/mol. The average molecular weight is 264 g/mol. The van der Waals surface area contributed by atoms with E-state index in [4.69, 9.17) is 10.5 Å². The maximum absolute atomic E-state index is 12.2. The van der Waals surface area contributed by atoms with Crippen molar-refractivity contribution in [2.75, 3.05) is 13.1 Å². The minimum absolute atomic E-state index is 0.00415. The summed E-state index contributed by atoms with van der Waals surface area (Å²) in [4.78, 5) is 13.9. The van der Waals surface area contributed by atoms with Crippen LogP contribution in [0.5, 0.6) is 5.75 Å². The van der Waals surface area contributed by atoms with Gasteiger partial charge >= 0.3 is 0 Å². The maximum atomic E-state index is 12.2. The summed E-state index contributed by atoms with van der Waals surface area (Å²) >= 11 is 0. The van der Waals surface area contributed by atoms with Gasteiger partial charge in [0.15, 0.2) is 6.10 Å². The van der Waals surface area contributed by atoms with Crippen molar-refractivity contribution in [1.29, 1.82) is 0 Å². The van der Waals surface area contributed by atoms with Crippen molar-refractivity contribution in [1.82, 2.24) is 4.90 Å². The Hall–Kier alpha value is -1.55. The maximum Gasteiger partial charge on any atom is 0.263 e. The Kier molecular flexibility index (Phi) is 5.83. The lowest BCUT2D eigenvalue weighted by Gasteiger charge is -2.24. The molecule has 0 aliphatic carbocycles. The minimum atomic E-state index is -0.500. The molecule has 0 aliphatic rings. The third-order valence-corrected chi connectivity index (χ3v) is 3.14. The van der Waals surface area contributed by atoms with Crippen LogP contribution in [0.3, 0.4) is 0 Å². The van der Waals surface area contributed by atoms with E-state index in [9.17, 15) is 4.79 Å². The van der Waals surface area contributed by atoms with Crippen molar-refractivity contribution in [3.63, 3.8) is 0 Å². The largest absolute Gasteiger partial charge is 0.481 e. The topological polar surface area (TPSA) is 55.6 Å². The number of hydrogen-bond acceptors (Lipinski definition) is 3. The van der Waals surface area contributed by atoms with Gasteiger partial charge in [-0.05, 0) is 33.8 Å². The zero-order valence-corrected chi connectivity index (χ0v) is 12.2. The second kappa shape index (κ2) is 7.14. The Bertz CT molecular complexity index is 414. The number of benzene rings is 1. The van der Waals surface area contributed by atoms with Gasteiger partial charge < -0.3 is 15.4 Å². The van der Waals surface area contributed by atoms with E-state index in [2.05, 4.69) is 0 Å². The van der Waals surface area contributed by atoms with Crippen molar-refractivity contribution in [2.45, 2.75) is 39.8 Å². The van der Waals surface area contributed by atoms with E-state index < -0.39 is 6.10 Å². The summed E-state index contributed by atoms with van der Waals surface area (Å²) in [6.45, 7) is 8.99. The third kappa shape index (κ3) is 3.96. The third-order valence-electron chi connectivity index (χ3n) is 3.14. The lowest BCUT2D eigenvalue weighted by atomic mass is 10.1. The lowest BCUT2D eigenvalue weighted by Crippen LogP contribution is -2.40. The molecular formula is C15H24N2O2. The highest BCUT2D eigenvalue weighted by atomic mass is 16.5. The molecule has 0 aliphatic heterocycles. The molecule has 0 aromatic heterocycles. The van der Waals surface area contributed by atoms with Gasteiger partial charge in [-0.25, -0.2) is 0 Å². The number of para-hydroxylation sites is 1. The molecule has 19 heavy (non-hydrogen) atoms. The number of nitrogens with zero attached hydrogens (tertiary/aromatic N) is 1. The molecule has 4 heteroatoms. The summed E-state index contributed by atoms with van der Waals surface area (Å²) < 4.78 is 5.78. The van der Waals surface area contributed by atoms with Gasteiger partial charge in [0, 0.05) is 24.7 Å². The first kappa shape index (κ1) is 15.5. The Morgan fingerprint density at radius 1 is 1.26 bits per heavy atom. The Balaban J connectivity index is 2.82. The monoisotopic (exact) mass is 264 g/mol. The normalized spacial score (nSPS) is 13.7. The molecule has 4 nitrogen and oxygen atoms in total. The fraction of sp³-hybridized carbons (Fsp3) is 0.533. The summed E-state index contributed by atoms with van der Waals surface area (Å²) in [6, 6.07) is 7.46. The van der Waals surface area contributed by atoms with Crippen LogP contribution in [0.25, 0.3) is 0 Å². The molecule has 1 aromatic carbocycles. The first-order valence-electron chi connectivity index (χ1n) is 6.81. The molecule has 1 amide bonds. The predicted molar refractivity (Wildman–Crippen MR) is 77.1 cm³/mol. The molecule has 0 bridgehead atoms. The number of ether oxygens (including phenoxy) is 1. The van der Waals surface area contributed by atoms with Gasteiger partial charge in [-0.1, -0.05) is 18.2 Å². The molecule has 106 valence electrons. The summed E-state index contributed by atoms with van der Waals surface area (Å²) in [5, 5.41) is 0. The molecule has 0 radical (unpaired) electrons. The number of carbonyl (C=O) groups is 1. The standard InChI is InChI=1S/C15H24N2O2/c1-5-17(6-2)15(18)12(4)19-14-10-8-7-9-13(14)11(3)16/h7-12H,5-6,16H2,1-4H3/t11-,12?/m1/s1. The molecule has 1 rings (SSSR count). The van der Waals surface area contributed by atoms with Crippen molar-refractivity contribution >= 4 is 5.91 Å². The van der Waals surface area contributed by atoms with E-state index in [1.54, 1.807) is 11.8 Å². The van der Waals surface area contributed by atoms with E-state index in [0.717, 1.165) is 5.56 Å². The van der Waals surface area contributed by atoms with E-state index >= 15 is 0 Å². The summed E-state index contributed by atoms with van der Waals surface area (Å²) in [5.41, 5.74) is 6.82. The van der Waals surface area contributed by atoms with Crippen molar-refractivity contribution in [3.05, 3.63) is 29.8 Å². The van der Waals surface area contributed by atoms with E-state index in [1.807, 2.05) is 45.0 Å². The molecule has 0 saturated heterocycles. The Morgan fingerprint density at radius 2 is 1.84 bits per heavy atom. The summed E-state index contributed by atoms with van der Waals surface area (Å²) in [7, 11) is 0. The van der Waals surface area contributed by atoms with Gasteiger partial charge in [-0.2, -0.15) is 0 Å². The first-order valence-corrected chi connectivity index (χ1v) is 6.81. The van der Waals surface area contributed by atoms with Gasteiger partial charge in [-0.15, -0.1) is 0 Å². The van der Waals surface area contributed by atoms with Gasteiger partial charge in [0.05, 0.1) is 0 Å². The molecule has 0 spiro atoms. The zero-order valence-electron chi connectivity index (χ0n) is 12.2. The van der Waals surface area contributed by atoms with Crippen molar-refractivity contribution < 1.29 is 9.53 Å². The van der Waals surface area contributed by atoms with Crippen LogP contribution in [0, 0.1) is 0 Å². The quantitative estimate of drug-likeness (QED) is 0.858. The molecule has 0 heterocycles. The fourth-order valence-electron chi connectivity index (χ4n) is 2.00. The molecule has 1 aromatic rings. The van der Waals surface area contributed by atoms with Crippen LogP contribution < -0.4 is 10.5 Å². The number of nitrogens with two attached hydrogens (primary N) is 1. The van der Waals surface area contributed by atoms with Gasteiger partial charge in [0.1, 0.15) is 5.75 Å². The minimum Gasteiger partial charge on any atom is -0.481 e. The highest BCUT2D eigenvalue weighted by Crippen LogP contribution is 2.24. The number of hydrogen-bond donors (Lipinski definition) is 1. The second-order valence-corrected chi connectivity index (χ2v) is 4.60. The highest BCUT2D eigenvalue weighted by molar-refractivity contribution is 5.80. The molecule has 1 unspecified atom stereocenters. The lowest BCUT2D eigenvalue weighted by molar-refractivity contribution is -0.137. The van der Waals surface area contributed by atoms with Crippen LogP contribution in [-0.4, -0.2) is 30.0 Å². The molecule has 0 fully saturated rings. The first-order chi connectivity index (χ1) is 9.01. The zero-order chi connectivity index (χ0) is 14.4. The Labute approximate surface area is 115 Å². The average Bonchev–Trinajstić information content (AvgIpc) is 2.40. The number of rotatable bonds is 6. The van der Waals surface area contributed by atoms with Crippen LogP contribution in [0.15, 0.2) is 24.3 Å². The van der Waals surface area contributed by atoms with Crippen molar-refractivity contribution in [3.8, 4) is 5.75 Å². The molecule has 0 saturated carbocycles. The van der Waals surface area contributed by atoms with E-state index in [0.29, 0.717) is 18.8 Å². The van der Waals surface area contributed by atoms with Crippen LogP contribution in [0.1, 0.15) is 39.3 Å². The number of amides is 1. The SMILES string of the molecule is CCN(CC)C(=O)C(C)Oc1ccccc1[C@@H](C)N. The smallest absolute Gasteiger partial charge is 0.263 e. The summed E-state index contributed by atoms with van der Waals surface area (Å²) in [6.07, 6.45) is -0.500. The van der Waals surface area contributed by atoms with Crippen LogP contribution >= 0.6 is 0 Å². The van der Waals surface area contributed by atoms with Crippen LogP contribution in [0.4, 0.5) is 0 Å². The van der Waals surface area contributed by atoms with Gasteiger partial charge in [0.2, 0.25) is 0 Å². The molecule has 2 N–H and O–H groups in total. The van der Waals surface area contributed by atoms with Crippen LogP contribution in [0.2, 0.25) is 0 Å². The van der Waals surface area contributed by atoms with Crippen LogP contribution in [-0.2, 0) is 4.79 Å². The van der Waals surface area contributed by atoms with Crippen molar-refractivity contribution in [2.24, 2.45) is 5.73 Å². The molecule has 2 atom stereocenters. The van der Waals surface area contributed by atoms with E-state index in [-0.39, 0.29) is 11.9 Å². The highest BCUT2D eigenvalue weighted by Gasteiger charge is 2.21. The van der Waals surface area contributed by atoms with Gasteiger partial charge in [0.25, 0.3) is 5.91 Å². The Morgan fingerprint density at radius 3 is 2.37 bits per heavy atom. The second-order valence-electron chi connectivity index (χ2n) is 4.60. The number of carbonyl (C=O) groups excluding carboxylic acids is 1. The number of likely N-dealkylation sites (N-methyl/N-ethyl adjacent to an activating group) is 1. The fourth-order valence-corrected chi connectivity index (χ4v) is 2.00. The van der Waals surface area contributed by atoms with Gasteiger partial charge in [-0.3, -0.25) is 4.79 Å².